The van der Waals surface area contributed by atoms with E-state index in [9.17, 15) is 0 Å². The van der Waals surface area contributed by atoms with Gasteiger partial charge in [0.05, 0.1) is 0 Å². The van der Waals surface area contributed by atoms with Crippen molar-refractivity contribution in [1.82, 2.24) is 0 Å². The zero-order chi connectivity index (χ0) is 19.8. The third-order valence-electron chi connectivity index (χ3n) is 11.0. The predicted octanol–water partition coefficient (Wildman–Crippen LogP) is 8.20. The topological polar surface area (TPSA) is 0 Å². The second-order valence-electron chi connectivity index (χ2n) is 11.8. The summed E-state index contributed by atoms with van der Waals surface area (Å²) in [5.41, 5.74) is 1.13. The van der Waals surface area contributed by atoms with Gasteiger partial charge in [-0.3, -0.25) is 0 Å². The molecule has 7 aliphatic carbocycles. The first kappa shape index (κ1) is 21.2. The van der Waals surface area contributed by atoms with Gasteiger partial charge in [0.25, 0.3) is 0 Å². The minimum absolute atomic E-state index is 0. The van der Waals surface area contributed by atoms with Crippen molar-refractivity contribution >= 4 is 0 Å². The summed E-state index contributed by atoms with van der Waals surface area (Å²) in [5.74, 6) is 9.88. The van der Waals surface area contributed by atoms with Crippen molar-refractivity contribution < 1.29 is 1.43 Å². The molecule has 7 aliphatic rings. The second kappa shape index (κ2) is 7.00. The number of allylic oxidation sites excluding steroid dienone is 6. The van der Waals surface area contributed by atoms with E-state index >= 15 is 0 Å². The first-order chi connectivity index (χ1) is 13.4. The zero-order valence-electron chi connectivity index (χ0n) is 18.5. The lowest BCUT2D eigenvalue weighted by Crippen LogP contribution is -2.47. The Bertz CT molecular complexity index is 691. The van der Waals surface area contributed by atoms with Crippen molar-refractivity contribution in [3.05, 3.63) is 49.6 Å². The third kappa shape index (κ3) is 2.63. The number of fused-ring (bicyclic) bond motifs is 14. The van der Waals surface area contributed by atoms with Crippen LogP contribution in [0.2, 0.25) is 0 Å². The summed E-state index contributed by atoms with van der Waals surface area (Å²) in [6, 6.07) is 0. The van der Waals surface area contributed by atoms with Crippen LogP contribution in [-0.4, -0.2) is 0 Å². The molecule has 0 N–H and O–H groups in total. The highest BCUT2D eigenvalue weighted by Gasteiger charge is 2.69. The van der Waals surface area contributed by atoms with Crippen molar-refractivity contribution in [2.45, 2.75) is 60.8 Å². The molecule has 0 aromatic heterocycles. The van der Waals surface area contributed by atoms with Gasteiger partial charge in [-0.05, 0) is 95.7 Å². The van der Waals surface area contributed by atoms with Crippen molar-refractivity contribution in [2.75, 3.05) is 0 Å². The Hall–Kier alpha value is -1.04. The van der Waals surface area contributed by atoms with Crippen LogP contribution < -0.4 is 0 Å². The van der Waals surface area contributed by atoms with Gasteiger partial charge in [0.15, 0.2) is 0 Å². The van der Waals surface area contributed by atoms with Gasteiger partial charge in [-0.25, -0.2) is 0 Å². The van der Waals surface area contributed by atoms with Crippen LogP contribution in [0, 0.1) is 70.0 Å². The maximum atomic E-state index is 3.00. The van der Waals surface area contributed by atoms with Crippen LogP contribution in [0.15, 0.2) is 49.6 Å². The van der Waals surface area contributed by atoms with Gasteiger partial charge in [-0.15, -0.1) is 13.2 Å². The lowest BCUT2D eigenvalue weighted by Gasteiger charge is -2.52. The average molecular weight is 396 g/mol. The summed E-state index contributed by atoms with van der Waals surface area (Å²) in [5, 5.41) is 0. The minimum atomic E-state index is 0. The van der Waals surface area contributed by atoms with Gasteiger partial charge in [0, 0.05) is 1.43 Å². The third-order valence-corrected chi connectivity index (χ3v) is 11.0. The molecule has 0 amide bonds. The lowest BCUT2D eigenvalue weighted by atomic mass is 9.52. The monoisotopic (exact) mass is 395 g/mol. The molecule has 4 saturated carbocycles. The van der Waals surface area contributed by atoms with Gasteiger partial charge in [0.1, 0.15) is 0 Å². The molecule has 7 rings (SSSR count). The molecule has 4 fully saturated rings. The van der Waals surface area contributed by atoms with Crippen LogP contribution in [0.5, 0.6) is 0 Å². The molecule has 0 aliphatic heterocycles. The average Bonchev–Trinajstić information content (AvgIpc) is 3.50. The fourth-order valence-electron chi connectivity index (χ4n) is 9.10. The smallest absolute Gasteiger partial charge is 0 e. The maximum Gasteiger partial charge on any atom is 0 e. The first-order valence-corrected chi connectivity index (χ1v) is 11.9. The number of hydrogen-bond acceptors (Lipinski definition) is 0. The number of hydrogen-bond donors (Lipinski definition) is 0. The maximum absolute atomic E-state index is 3.00. The van der Waals surface area contributed by atoms with Gasteiger partial charge < -0.3 is 0 Å². The summed E-state index contributed by atoms with van der Waals surface area (Å²) in [6.45, 7) is 16.2. The minimum Gasteiger partial charge on any atom is -0.106 e. The SMILES string of the molecule is C.C1=CC2C3C=CC(C3)C2C1.C=C.CC1(C)C2CC(C3C4C=CC(C4)C32)C1(C)C.[2HH]. The fraction of sp³-hybridized carbons (Fsp3) is 0.724. The van der Waals surface area contributed by atoms with Gasteiger partial charge in [0.2, 0.25) is 0 Å². The summed E-state index contributed by atoms with van der Waals surface area (Å²) in [7, 11) is 0. The standard InChI is InChI=1S/C16H24.C10H12.C2H4.CH4.H2/c1-15(2)11-8-12(16(15,3)4)14-10-6-5-9(7-10)13(11)14;1-2-9-7-4-5-8(6-7)10(9)3-1;1-2;;/h5-6,9-14H,7-8H2,1-4H3;1-2,4-5,7-10H,3,6H2;1-2H2;1H4;1H/i;;;;1+1. The molecule has 10 atom stereocenters. The van der Waals surface area contributed by atoms with Crippen molar-refractivity contribution in [2.24, 2.45) is 70.0 Å². The van der Waals surface area contributed by atoms with Crippen LogP contribution in [0.4, 0.5) is 0 Å². The molecule has 0 radical (unpaired) electrons. The largest absolute Gasteiger partial charge is 0.106 e. The Kier molecular flexibility index (Phi) is 5.12. The van der Waals surface area contributed by atoms with Gasteiger partial charge in [-0.1, -0.05) is 71.6 Å². The fourth-order valence-corrected chi connectivity index (χ4v) is 9.10. The van der Waals surface area contributed by atoms with Crippen molar-refractivity contribution in [3.63, 3.8) is 0 Å². The molecule has 10 unspecified atom stereocenters. The number of rotatable bonds is 0. The van der Waals surface area contributed by atoms with E-state index in [1.807, 2.05) is 0 Å². The van der Waals surface area contributed by atoms with Crippen LogP contribution in [-0.2, 0) is 0 Å². The highest BCUT2D eigenvalue weighted by atomic mass is 14.7. The highest BCUT2D eigenvalue weighted by molar-refractivity contribution is 5.25. The Balaban J connectivity index is 0.000000159. The molecular formula is C29H46. The molecule has 0 aromatic rings. The quantitative estimate of drug-likeness (QED) is 0.286. The summed E-state index contributed by atoms with van der Waals surface area (Å²) in [6.07, 6.45) is 20.6. The van der Waals surface area contributed by atoms with E-state index in [0.29, 0.717) is 10.8 Å². The summed E-state index contributed by atoms with van der Waals surface area (Å²) in [4.78, 5) is 0. The molecule has 0 aromatic carbocycles. The first-order valence-electron chi connectivity index (χ1n) is 11.9. The molecule has 0 spiro atoms. The molecule has 0 saturated heterocycles. The van der Waals surface area contributed by atoms with E-state index in [1.165, 1.54) is 25.7 Å². The Morgan fingerprint density at radius 2 is 1.17 bits per heavy atom. The zero-order valence-corrected chi connectivity index (χ0v) is 18.5. The van der Waals surface area contributed by atoms with Gasteiger partial charge >= 0.3 is 0 Å². The van der Waals surface area contributed by atoms with E-state index in [0.717, 1.165) is 59.2 Å². The van der Waals surface area contributed by atoms with Crippen LogP contribution in [0.25, 0.3) is 0 Å². The van der Waals surface area contributed by atoms with E-state index in [-0.39, 0.29) is 8.85 Å². The molecule has 6 bridgehead atoms. The van der Waals surface area contributed by atoms with Crippen molar-refractivity contribution in [1.29, 1.82) is 0 Å². The molecule has 29 heavy (non-hydrogen) atoms. The highest BCUT2D eigenvalue weighted by Crippen LogP contribution is 2.76. The normalized spacial score (nSPS) is 51.0. The van der Waals surface area contributed by atoms with E-state index < -0.39 is 0 Å². The molecule has 162 valence electrons. The molecular weight excluding hydrogens is 348 g/mol. The molecule has 0 heteroatoms. The van der Waals surface area contributed by atoms with E-state index in [2.05, 4.69) is 77.3 Å². The summed E-state index contributed by atoms with van der Waals surface area (Å²) >= 11 is 0. The molecule has 0 nitrogen and oxygen atoms in total. The Morgan fingerprint density at radius 3 is 1.72 bits per heavy atom. The van der Waals surface area contributed by atoms with Crippen LogP contribution in [0.3, 0.4) is 0 Å². The van der Waals surface area contributed by atoms with E-state index in [1.54, 1.807) is 0 Å². The second-order valence-corrected chi connectivity index (χ2v) is 11.8. The molecule has 0 heterocycles. The Morgan fingerprint density at radius 1 is 0.690 bits per heavy atom. The van der Waals surface area contributed by atoms with Crippen LogP contribution in [0.1, 0.15) is 62.2 Å². The van der Waals surface area contributed by atoms with Crippen molar-refractivity contribution in [3.8, 4) is 0 Å². The Labute approximate surface area is 182 Å². The lowest BCUT2D eigenvalue weighted by molar-refractivity contribution is -0.0349. The summed E-state index contributed by atoms with van der Waals surface area (Å²) < 4.78 is 0. The van der Waals surface area contributed by atoms with E-state index in [4.69, 9.17) is 0 Å². The van der Waals surface area contributed by atoms with Gasteiger partial charge in [-0.2, -0.15) is 0 Å². The van der Waals surface area contributed by atoms with Crippen LogP contribution >= 0.6 is 0 Å². The predicted molar refractivity (Wildman–Crippen MR) is 128 cm³/mol.